The number of fused-ring (bicyclic) bond motifs is 1. The van der Waals surface area contributed by atoms with Crippen LogP contribution in [0.4, 0.5) is 18.9 Å². The van der Waals surface area contributed by atoms with E-state index in [0.717, 1.165) is 30.7 Å². The summed E-state index contributed by atoms with van der Waals surface area (Å²) in [5, 5.41) is 7.07. The zero-order chi connectivity index (χ0) is 28.2. The van der Waals surface area contributed by atoms with Crippen molar-refractivity contribution in [1.82, 2.24) is 19.3 Å². The van der Waals surface area contributed by atoms with Crippen molar-refractivity contribution in [3.8, 4) is 11.3 Å². The molecule has 1 fully saturated rings. The molecule has 2 heterocycles. The van der Waals surface area contributed by atoms with Gasteiger partial charge in [0.15, 0.2) is 5.65 Å². The molecule has 0 atom stereocenters. The third kappa shape index (κ3) is 5.81. The molecule has 2 N–H and O–H groups in total. The van der Waals surface area contributed by atoms with E-state index in [-0.39, 0.29) is 27.7 Å². The highest BCUT2D eigenvalue weighted by atomic mass is 32.2. The van der Waals surface area contributed by atoms with E-state index >= 15 is 0 Å². The number of nitrogens with one attached hydrogen (secondary N) is 2. The summed E-state index contributed by atoms with van der Waals surface area (Å²) >= 11 is 0. The standard InChI is InChI=1S/C27H26F3N5O3S/c1-26(2,3)34-39(37,38)20-6-4-5-19(13-20)32-25(36)21-15-31-35-23(17-7-8-17)14-22(33-24(21)35)16-9-11-18(12-10-16)27(28,29)30/h4-6,9-15,17,34H,7-8H2,1-3H3,(H,32,36). The average Bonchev–Trinajstić information content (AvgIpc) is 3.60. The van der Waals surface area contributed by atoms with E-state index in [0.29, 0.717) is 11.3 Å². The molecule has 2 aromatic carbocycles. The Kier molecular flexibility index (Phi) is 6.50. The highest BCUT2D eigenvalue weighted by molar-refractivity contribution is 7.89. The molecule has 12 heteroatoms. The van der Waals surface area contributed by atoms with Gasteiger partial charge in [-0.15, -0.1) is 0 Å². The van der Waals surface area contributed by atoms with Crippen molar-refractivity contribution in [3.63, 3.8) is 0 Å². The van der Waals surface area contributed by atoms with E-state index in [9.17, 15) is 26.4 Å². The molecular formula is C27H26F3N5O3S. The van der Waals surface area contributed by atoms with Crippen LogP contribution in [-0.2, 0) is 16.2 Å². The van der Waals surface area contributed by atoms with Crippen LogP contribution >= 0.6 is 0 Å². The van der Waals surface area contributed by atoms with E-state index in [1.165, 1.54) is 36.5 Å². The van der Waals surface area contributed by atoms with E-state index in [2.05, 4.69) is 20.1 Å². The molecule has 1 aliphatic rings. The average molecular weight is 558 g/mol. The van der Waals surface area contributed by atoms with Crippen LogP contribution in [0.25, 0.3) is 16.9 Å². The Labute approximate surface area is 223 Å². The van der Waals surface area contributed by atoms with Gasteiger partial charge in [0.05, 0.1) is 22.3 Å². The fraction of sp³-hybridized carbons (Fsp3) is 0.296. The molecule has 1 saturated carbocycles. The first kappa shape index (κ1) is 26.8. The molecule has 8 nitrogen and oxygen atoms in total. The van der Waals surface area contributed by atoms with Gasteiger partial charge in [0.25, 0.3) is 5.91 Å². The van der Waals surface area contributed by atoms with Crippen LogP contribution in [0.2, 0.25) is 0 Å². The Balaban J connectivity index is 1.49. The van der Waals surface area contributed by atoms with Crippen molar-refractivity contribution in [2.24, 2.45) is 0 Å². The van der Waals surface area contributed by atoms with Crippen LogP contribution in [0.5, 0.6) is 0 Å². The van der Waals surface area contributed by atoms with Crippen LogP contribution in [0.1, 0.15) is 61.1 Å². The fourth-order valence-corrected chi connectivity index (χ4v) is 5.66. The van der Waals surface area contributed by atoms with Gasteiger partial charge in [-0.3, -0.25) is 4.79 Å². The number of halogens is 3. The molecule has 1 amide bonds. The van der Waals surface area contributed by atoms with E-state index in [4.69, 9.17) is 0 Å². The number of carbonyl (C=O) groups is 1. The summed E-state index contributed by atoms with van der Waals surface area (Å²) in [5.74, 6) is -0.348. The lowest BCUT2D eigenvalue weighted by molar-refractivity contribution is -0.137. The second-order valence-electron chi connectivity index (χ2n) is 10.5. The molecule has 0 spiro atoms. The van der Waals surface area contributed by atoms with Crippen LogP contribution in [0, 0.1) is 0 Å². The summed E-state index contributed by atoms with van der Waals surface area (Å²) in [6, 6.07) is 12.4. The largest absolute Gasteiger partial charge is 0.416 e. The zero-order valence-corrected chi connectivity index (χ0v) is 22.2. The molecule has 5 rings (SSSR count). The number of amides is 1. The van der Waals surface area contributed by atoms with Crippen LogP contribution in [0.15, 0.2) is 65.7 Å². The first-order valence-corrected chi connectivity index (χ1v) is 13.7. The van der Waals surface area contributed by atoms with E-state index in [1.54, 1.807) is 37.4 Å². The number of alkyl halides is 3. The summed E-state index contributed by atoms with van der Waals surface area (Å²) < 4.78 is 68.7. The first-order valence-electron chi connectivity index (χ1n) is 12.2. The number of hydrogen-bond acceptors (Lipinski definition) is 5. The summed E-state index contributed by atoms with van der Waals surface area (Å²) in [5.41, 5.74) is 0.925. The minimum absolute atomic E-state index is 0.00572. The maximum atomic E-state index is 13.3. The molecule has 1 aliphatic carbocycles. The normalized spacial score (nSPS) is 14.5. The lowest BCUT2D eigenvalue weighted by Gasteiger charge is -2.20. The van der Waals surface area contributed by atoms with Gasteiger partial charge in [-0.1, -0.05) is 18.2 Å². The highest BCUT2D eigenvalue weighted by Crippen LogP contribution is 2.41. The van der Waals surface area contributed by atoms with Gasteiger partial charge in [0.1, 0.15) is 5.56 Å². The monoisotopic (exact) mass is 557 g/mol. The van der Waals surface area contributed by atoms with Crippen molar-refractivity contribution < 1.29 is 26.4 Å². The second-order valence-corrected chi connectivity index (χ2v) is 12.2. The Morgan fingerprint density at radius 3 is 2.33 bits per heavy atom. The highest BCUT2D eigenvalue weighted by Gasteiger charge is 2.31. The van der Waals surface area contributed by atoms with E-state index < -0.39 is 33.2 Å². The first-order chi connectivity index (χ1) is 18.2. The van der Waals surface area contributed by atoms with Gasteiger partial charge in [0.2, 0.25) is 10.0 Å². The van der Waals surface area contributed by atoms with Crippen LogP contribution in [-0.4, -0.2) is 34.5 Å². The molecule has 0 unspecified atom stereocenters. The van der Waals surface area contributed by atoms with Gasteiger partial charge in [-0.25, -0.2) is 22.6 Å². The molecule has 2 aromatic heterocycles. The molecule has 0 radical (unpaired) electrons. The summed E-state index contributed by atoms with van der Waals surface area (Å²) in [6.45, 7) is 5.18. The maximum absolute atomic E-state index is 13.3. The molecule has 0 saturated heterocycles. The second kappa shape index (κ2) is 9.45. The predicted molar refractivity (Wildman–Crippen MR) is 140 cm³/mol. The fourth-order valence-electron chi connectivity index (χ4n) is 4.20. The minimum atomic E-state index is -4.45. The number of aromatic nitrogens is 3. The quantitative estimate of drug-likeness (QED) is 0.320. The third-order valence-corrected chi connectivity index (χ3v) is 7.85. The maximum Gasteiger partial charge on any atom is 0.416 e. The van der Waals surface area contributed by atoms with E-state index in [1.807, 2.05) is 0 Å². The molecular weight excluding hydrogens is 531 g/mol. The summed E-state index contributed by atoms with van der Waals surface area (Å²) in [7, 11) is -3.82. The molecule has 204 valence electrons. The number of sulfonamides is 1. The number of rotatable bonds is 6. The molecule has 0 aliphatic heterocycles. The molecule has 4 aromatic rings. The van der Waals surface area contributed by atoms with Crippen molar-refractivity contribution >= 4 is 27.3 Å². The van der Waals surface area contributed by atoms with Crippen molar-refractivity contribution in [3.05, 3.63) is 77.6 Å². The van der Waals surface area contributed by atoms with Gasteiger partial charge in [-0.2, -0.15) is 18.3 Å². The lowest BCUT2D eigenvalue weighted by atomic mass is 10.1. The number of carbonyl (C=O) groups excluding carboxylic acids is 1. The van der Waals surface area contributed by atoms with Crippen LogP contribution < -0.4 is 10.0 Å². The third-order valence-electron chi connectivity index (χ3n) is 6.09. The van der Waals surface area contributed by atoms with Crippen molar-refractivity contribution in [2.75, 3.05) is 5.32 Å². The van der Waals surface area contributed by atoms with Gasteiger partial charge in [-0.05, 0) is 70.0 Å². The smallest absolute Gasteiger partial charge is 0.322 e. The van der Waals surface area contributed by atoms with Gasteiger partial charge in [0, 0.05) is 28.4 Å². The molecule has 0 bridgehead atoms. The van der Waals surface area contributed by atoms with Crippen molar-refractivity contribution in [1.29, 1.82) is 0 Å². The Hall–Kier alpha value is -3.77. The molecule has 39 heavy (non-hydrogen) atoms. The Morgan fingerprint density at radius 2 is 1.72 bits per heavy atom. The number of nitrogens with zero attached hydrogens (tertiary/aromatic N) is 3. The van der Waals surface area contributed by atoms with Crippen molar-refractivity contribution in [2.45, 2.75) is 56.1 Å². The van der Waals surface area contributed by atoms with Gasteiger partial charge < -0.3 is 5.32 Å². The Morgan fingerprint density at radius 1 is 1.03 bits per heavy atom. The number of benzene rings is 2. The summed E-state index contributed by atoms with van der Waals surface area (Å²) in [4.78, 5) is 17.9. The SMILES string of the molecule is CC(C)(C)NS(=O)(=O)c1cccc(NC(=O)c2cnn3c(C4CC4)cc(-c4ccc(C(F)(F)F)cc4)nc23)c1. The van der Waals surface area contributed by atoms with Crippen LogP contribution in [0.3, 0.4) is 0 Å². The zero-order valence-electron chi connectivity index (χ0n) is 21.4. The number of hydrogen-bond donors (Lipinski definition) is 2. The number of anilines is 1. The lowest BCUT2D eigenvalue weighted by Crippen LogP contribution is -2.40. The minimum Gasteiger partial charge on any atom is -0.322 e. The van der Waals surface area contributed by atoms with Gasteiger partial charge >= 0.3 is 6.18 Å². The summed E-state index contributed by atoms with van der Waals surface area (Å²) in [6.07, 6.45) is -1.22. The predicted octanol–water partition coefficient (Wildman–Crippen LogP) is 5.62. The Bertz CT molecular complexity index is 1670. The topological polar surface area (TPSA) is 105 Å².